The number of nitrogens with zero attached hydrogens (tertiary/aromatic N) is 2. The van der Waals surface area contributed by atoms with Gasteiger partial charge in [0.2, 0.25) is 0 Å². The molecule has 2 N–H and O–H groups in total. The van der Waals surface area contributed by atoms with E-state index in [-0.39, 0.29) is 5.91 Å². The van der Waals surface area contributed by atoms with Gasteiger partial charge in [0.15, 0.2) is 0 Å². The number of aromatic nitrogens is 2. The first-order valence-electron chi connectivity index (χ1n) is 10.0. The van der Waals surface area contributed by atoms with Crippen LogP contribution in [0.1, 0.15) is 27.9 Å². The van der Waals surface area contributed by atoms with Crippen molar-refractivity contribution < 1.29 is 4.79 Å². The van der Waals surface area contributed by atoms with Crippen molar-refractivity contribution in [1.82, 2.24) is 20.4 Å². The van der Waals surface area contributed by atoms with Gasteiger partial charge in [0.1, 0.15) is 5.69 Å². The second kappa shape index (κ2) is 8.88. The van der Waals surface area contributed by atoms with Crippen LogP contribution in [0, 0.1) is 6.92 Å². The van der Waals surface area contributed by atoms with E-state index in [2.05, 4.69) is 35.8 Å². The van der Waals surface area contributed by atoms with Crippen LogP contribution in [-0.4, -0.2) is 35.3 Å². The first kappa shape index (κ1) is 19.2. The minimum Gasteiger partial charge on any atom is -0.348 e. The van der Waals surface area contributed by atoms with Gasteiger partial charge in [-0.2, -0.15) is 5.10 Å². The van der Waals surface area contributed by atoms with Crippen molar-refractivity contribution in [2.75, 3.05) is 19.6 Å². The van der Waals surface area contributed by atoms with E-state index in [0.29, 0.717) is 18.7 Å². The standard InChI is InChI=1S/C24H26N4O/c1-18-7-9-21(10-8-18)23-22(24(29)26-15-19-11-13-25-14-12-19)17-28(27-23)16-20-5-3-2-4-6-20/h2-11,17,25H,12-16H2,1H3,(H,26,29). The molecule has 0 saturated carbocycles. The quantitative estimate of drug-likeness (QED) is 0.637. The maximum Gasteiger partial charge on any atom is 0.255 e. The van der Waals surface area contributed by atoms with Gasteiger partial charge in [-0.15, -0.1) is 0 Å². The number of rotatable bonds is 6. The Bertz CT molecular complexity index is 1000. The smallest absolute Gasteiger partial charge is 0.255 e. The highest BCUT2D eigenvalue weighted by Gasteiger charge is 2.18. The zero-order valence-electron chi connectivity index (χ0n) is 16.7. The van der Waals surface area contributed by atoms with E-state index in [1.165, 1.54) is 11.1 Å². The molecule has 1 aliphatic rings. The molecule has 0 fully saturated rings. The zero-order chi connectivity index (χ0) is 20.1. The van der Waals surface area contributed by atoms with E-state index in [0.717, 1.165) is 36.3 Å². The number of benzene rings is 2. The molecule has 0 spiro atoms. The molecule has 2 aromatic carbocycles. The SMILES string of the molecule is Cc1ccc(-c2nn(Cc3ccccc3)cc2C(=O)NCC2=CCNCC2)cc1. The molecule has 148 valence electrons. The highest BCUT2D eigenvalue weighted by atomic mass is 16.1. The highest BCUT2D eigenvalue weighted by Crippen LogP contribution is 2.23. The number of carbonyl (C=O) groups is 1. The van der Waals surface area contributed by atoms with E-state index in [1.807, 2.05) is 53.3 Å². The van der Waals surface area contributed by atoms with Crippen LogP contribution in [-0.2, 0) is 6.54 Å². The highest BCUT2D eigenvalue weighted by molar-refractivity contribution is 5.99. The molecule has 5 nitrogen and oxygen atoms in total. The van der Waals surface area contributed by atoms with Crippen LogP contribution in [0.25, 0.3) is 11.3 Å². The van der Waals surface area contributed by atoms with Crippen molar-refractivity contribution in [3.05, 3.63) is 89.1 Å². The number of hydrogen-bond acceptors (Lipinski definition) is 3. The summed E-state index contributed by atoms with van der Waals surface area (Å²) in [4.78, 5) is 13.0. The van der Waals surface area contributed by atoms with E-state index in [9.17, 15) is 4.79 Å². The fourth-order valence-corrected chi connectivity index (χ4v) is 3.48. The average Bonchev–Trinajstić information content (AvgIpc) is 3.18. The predicted molar refractivity (Wildman–Crippen MR) is 116 cm³/mol. The van der Waals surface area contributed by atoms with Gasteiger partial charge in [0.25, 0.3) is 5.91 Å². The fourth-order valence-electron chi connectivity index (χ4n) is 3.48. The third-order valence-corrected chi connectivity index (χ3v) is 5.15. The number of hydrogen-bond donors (Lipinski definition) is 2. The van der Waals surface area contributed by atoms with Crippen molar-refractivity contribution >= 4 is 5.91 Å². The maximum atomic E-state index is 13.0. The van der Waals surface area contributed by atoms with Crippen LogP contribution in [0.5, 0.6) is 0 Å². The van der Waals surface area contributed by atoms with Gasteiger partial charge in [0, 0.05) is 24.8 Å². The second-order valence-corrected chi connectivity index (χ2v) is 7.44. The third kappa shape index (κ3) is 4.81. The molecule has 2 heterocycles. The summed E-state index contributed by atoms with van der Waals surface area (Å²) in [6, 6.07) is 18.3. The van der Waals surface area contributed by atoms with E-state index in [4.69, 9.17) is 5.10 Å². The summed E-state index contributed by atoms with van der Waals surface area (Å²) in [5, 5.41) is 11.1. The van der Waals surface area contributed by atoms with Crippen molar-refractivity contribution in [2.24, 2.45) is 0 Å². The van der Waals surface area contributed by atoms with Crippen LogP contribution in [0.3, 0.4) is 0 Å². The molecule has 0 aliphatic carbocycles. The fraction of sp³-hybridized carbons (Fsp3) is 0.250. The number of nitrogens with one attached hydrogen (secondary N) is 2. The Hall–Kier alpha value is -3.18. The Kier molecular flexibility index (Phi) is 5.86. The normalized spacial score (nSPS) is 13.8. The molecule has 1 amide bonds. The predicted octanol–water partition coefficient (Wildman–Crippen LogP) is 3.56. The topological polar surface area (TPSA) is 59.0 Å². The largest absolute Gasteiger partial charge is 0.348 e. The first-order valence-corrected chi connectivity index (χ1v) is 10.0. The monoisotopic (exact) mass is 386 g/mol. The van der Waals surface area contributed by atoms with E-state index in [1.54, 1.807) is 0 Å². The molecule has 5 heteroatoms. The lowest BCUT2D eigenvalue weighted by Crippen LogP contribution is -2.29. The summed E-state index contributed by atoms with van der Waals surface area (Å²) in [5.41, 5.74) is 5.88. The minimum atomic E-state index is -0.0840. The van der Waals surface area contributed by atoms with Crippen molar-refractivity contribution in [3.63, 3.8) is 0 Å². The molecular formula is C24H26N4O. The van der Waals surface area contributed by atoms with Crippen LogP contribution in [0.15, 0.2) is 72.4 Å². The molecule has 0 unspecified atom stereocenters. The van der Waals surface area contributed by atoms with Gasteiger partial charge in [-0.1, -0.05) is 71.8 Å². The summed E-state index contributed by atoms with van der Waals surface area (Å²) in [6.07, 6.45) is 4.98. The molecular weight excluding hydrogens is 360 g/mol. The van der Waals surface area contributed by atoms with Crippen LogP contribution < -0.4 is 10.6 Å². The molecule has 1 aromatic heterocycles. The number of aryl methyl sites for hydroxylation is 1. The van der Waals surface area contributed by atoms with Crippen LogP contribution >= 0.6 is 0 Å². The Balaban J connectivity index is 1.60. The Morgan fingerprint density at radius 2 is 1.93 bits per heavy atom. The van der Waals surface area contributed by atoms with Crippen LogP contribution in [0.4, 0.5) is 0 Å². The third-order valence-electron chi connectivity index (χ3n) is 5.15. The average molecular weight is 386 g/mol. The van der Waals surface area contributed by atoms with Crippen molar-refractivity contribution in [2.45, 2.75) is 19.9 Å². The molecule has 4 rings (SSSR count). The Morgan fingerprint density at radius 1 is 1.14 bits per heavy atom. The molecule has 1 aliphatic heterocycles. The van der Waals surface area contributed by atoms with Gasteiger partial charge in [0.05, 0.1) is 12.1 Å². The lowest BCUT2D eigenvalue weighted by molar-refractivity contribution is 0.0957. The second-order valence-electron chi connectivity index (χ2n) is 7.44. The molecule has 0 bridgehead atoms. The zero-order valence-corrected chi connectivity index (χ0v) is 16.7. The lowest BCUT2D eigenvalue weighted by Gasteiger charge is -2.14. The summed E-state index contributed by atoms with van der Waals surface area (Å²) >= 11 is 0. The summed E-state index contributed by atoms with van der Waals surface area (Å²) in [5.74, 6) is -0.0840. The van der Waals surface area contributed by atoms with Crippen molar-refractivity contribution in [3.8, 4) is 11.3 Å². The molecule has 29 heavy (non-hydrogen) atoms. The summed E-state index contributed by atoms with van der Waals surface area (Å²) in [6.45, 7) is 5.10. The minimum absolute atomic E-state index is 0.0840. The molecule has 0 radical (unpaired) electrons. The van der Waals surface area contributed by atoms with E-state index >= 15 is 0 Å². The Morgan fingerprint density at radius 3 is 2.66 bits per heavy atom. The van der Waals surface area contributed by atoms with Gasteiger partial charge in [-0.05, 0) is 25.5 Å². The van der Waals surface area contributed by atoms with Gasteiger partial charge in [-0.25, -0.2) is 0 Å². The van der Waals surface area contributed by atoms with Gasteiger partial charge < -0.3 is 10.6 Å². The molecule has 0 saturated heterocycles. The van der Waals surface area contributed by atoms with Gasteiger partial charge in [-0.3, -0.25) is 9.48 Å². The lowest BCUT2D eigenvalue weighted by atomic mass is 10.1. The maximum absolute atomic E-state index is 13.0. The van der Waals surface area contributed by atoms with Gasteiger partial charge >= 0.3 is 0 Å². The van der Waals surface area contributed by atoms with E-state index < -0.39 is 0 Å². The van der Waals surface area contributed by atoms with Crippen molar-refractivity contribution in [1.29, 1.82) is 0 Å². The Labute approximate surface area is 171 Å². The first-order chi connectivity index (χ1) is 14.2. The molecule has 3 aromatic rings. The number of carbonyl (C=O) groups excluding carboxylic acids is 1. The summed E-state index contributed by atoms with van der Waals surface area (Å²) < 4.78 is 1.85. The van der Waals surface area contributed by atoms with Crippen LogP contribution in [0.2, 0.25) is 0 Å². The molecule has 0 atom stereocenters. The summed E-state index contributed by atoms with van der Waals surface area (Å²) in [7, 11) is 0. The number of amides is 1.